The first-order valence-corrected chi connectivity index (χ1v) is 7.64. The van der Waals surface area contributed by atoms with Crippen LogP contribution in [0, 0.1) is 11.3 Å². The molecular formula is C18H34. The minimum atomic E-state index is 0.461. The Morgan fingerprint density at radius 3 is 2.11 bits per heavy atom. The van der Waals surface area contributed by atoms with Crippen molar-refractivity contribution in [1.29, 1.82) is 0 Å². The topological polar surface area (TPSA) is 0 Å². The number of allylic oxidation sites excluding steroid dienone is 4. The quantitative estimate of drug-likeness (QED) is 0.522. The molecule has 0 saturated heterocycles. The molecule has 0 nitrogen and oxygen atoms in total. The highest BCUT2D eigenvalue weighted by molar-refractivity contribution is 5.33. The van der Waals surface area contributed by atoms with Crippen LogP contribution in [0.15, 0.2) is 22.8 Å². The van der Waals surface area contributed by atoms with Crippen molar-refractivity contribution in [3.8, 4) is 0 Å². The van der Waals surface area contributed by atoms with Gasteiger partial charge in [0, 0.05) is 0 Å². The Balaban J connectivity index is 0.000000873. The fourth-order valence-corrected chi connectivity index (χ4v) is 2.61. The smallest absolute Gasteiger partial charge is 0.0225 e. The van der Waals surface area contributed by atoms with E-state index in [0.29, 0.717) is 5.41 Å². The molecular weight excluding hydrogens is 216 g/mol. The van der Waals surface area contributed by atoms with E-state index in [0.717, 1.165) is 5.92 Å². The molecule has 0 N–H and O–H groups in total. The largest absolute Gasteiger partial charge is 0.0725 e. The van der Waals surface area contributed by atoms with Gasteiger partial charge in [0.25, 0.3) is 0 Å². The number of hydrogen-bond donors (Lipinski definition) is 0. The monoisotopic (exact) mass is 250 g/mol. The summed E-state index contributed by atoms with van der Waals surface area (Å²) in [5.41, 5.74) is 5.20. The highest BCUT2D eigenvalue weighted by Crippen LogP contribution is 2.39. The van der Waals surface area contributed by atoms with Crippen LogP contribution in [0.1, 0.15) is 81.1 Å². The summed E-state index contributed by atoms with van der Waals surface area (Å²) >= 11 is 0. The van der Waals surface area contributed by atoms with Gasteiger partial charge in [0.2, 0.25) is 0 Å². The van der Waals surface area contributed by atoms with E-state index in [-0.39, 0.29) is 0 Å². The second-order valence-electron chi connectivity index (χ2n) is 6.73. The summed E-state index contributed by atoms with van der Waals surface area (Å²) in [5, 5.41) is 0. The molecule has 0 spiro atoms. The van der Waals surface area contributed by atoms with Gasteiger partial charge in [-0.25, -0.2) is 0 Å². The van der Waals surface area contributed by atoms with Gasteiger partial charge in [-0.15, -0.1) is 0 Å². The predicted octanol–water partition coefficient (Wildman–Crippen LogP) is 6.53. The summed E-state index contributed by atoms with van der Waals surface area (Å²) in [4.78, 5) is 0. The molecule has 0 aromatic carbocycles. The van der Waals surface area contributed by atoms with Gasteiger partial charge in [-0.3, -0.25) is 0 Å². The average Bonchev–Trinajstić information content (AvgIpc) is 2.25. The van der Waals surface area contributed by atoms with Crippen molar-refractivity contribution in [3.63, 3.8) is 0 Å². The highest BCUT2D eigenvalue weighted by atomic mass is 14.3. The van der Waals surface area contributed by atoms with Crippen LogP contribution < -0.4 is 0 Å². The zero-order chi connectivity index (χ0) is 14.3. The molecule has 106 valence electrons. The van der Waals surface area contributed by atoms with E-state index in [2.05, 4.69) is 61.5 Å². The predicted molar refractivity (Wildman–Crippen MR) is 84.9 cm³/mol. The van der Waals surface area contributed by atoms with Crippen LogP contribution >= 0.6 is 0 Å². The molecule has 0 heterocycles. The summed E-state index contributed by atoms with van der Waals surface area (Å²) in [6.07, 6.45) is 7.43. The van der Waals surface area contributed by atoms with Gasteiger partial charge in [0.1, 0.15) is 0 Å². The van der Waals surface area contributed by atoms with Crippen molar-refractivity contribution >= 4 is 0 Å². The Morgan fingerprint density at radius 2 is 1.72 bits per heavy atom. The lowest BCUT2D eigenvalue weighted by Crippen LogP contribution is -2.18. The normalized spacial score (nSPS) is 22.6. The van der Waals surface area contributed by atoms with Crippen LogP contribution in [-0.2, 0) is 0 Å². The summed E-state index contributed by atoms with van der Waals surface area (Å²) < 4.78 is 0. The van der Waals surface area contributed by atoms with Gasteiger partial charge < -0.3 is 0 Å². The van der Waals surface area contributed by atoms with E-state index >= 15 is 0 Å². The molecule has 0 aromatic heterocycles. The molecule has 1 aliphatic carbocycles. The van der Waals surface area contributed by atoms with Crippen molar-refractivity contribution in [3.05, 3.63) is 22.8 Å². The van der Waals surface area contributed by atoms with Crippen LogP contribution in [0.4, 0.5) is 0 Å². The van der Waals surface area contributed by atoms with Gasteiger partial charge in [0.15, 0.2) is 0 Å². The minimum absolute atomic E-state index is 0.461. The summed E-state index contributed by atoms with van der Waals surface area (Å²) in [6.45, 7) is 18.2. The van der Waals surface area contributed by atoms with E-state index in [1.807, 2.05) is 0 Å². The van der Waals surface area contributed by atoms with Crippen LogP contribution in [0.5, 0.6) is 0 Å². The third kappa shape index (κ3) is 5.89. The number of rotatable bonds is 2. The van der Waals surface area contributed by atoms with E-state index in [4.69, 9.17) is 0 Å². The first-order chi connectivity index (χ1) is 8.27. The average molecular weight is 250 g/mol. The maximum atomic E-state index is 2.42. The second kappa shape index (κ2) is 7.81. The van der Waals surface area contributed by atoms with Gasteiger partial charge in [-0.05, 0) is 50.0 Å². The molecule has 0 saturated carbocycles. The van der Waals surface area contributed by atoms with Crippen molar-refractivity contribution < 1.29 is 0 Å². The van der Waals surface area contributed by atoms with Crippen LogP contribution in [0.25, 0.3) is 0 Å². The minimum Gasteiger partial charge on any atom is -0.0725 e. The Labute approximate surface area is 116 Å². The van der Waals surface area contributed by atoms with E-state index < -0.39 is 0 Å². The van der Waals surface area contributed by atoms with E-state index in [1.165, 1.54) is 25.7 Å². The zero-order valence-electron chi connectivity index (χ0n) is 14.0. The second-order valence-corrected chi connectivity index (χ2v) is 6.73. The van der Waals surface area contributed by atoms with Crippen molar-refractivity contribution in [2.75, 3.05) is 0 Å². The number of hydrogen-bond acceptors (Lipinski definition) is 0. The lowest BCUT2D eigenvalue weighted by atomic mass is 9.73. The van der Waals surface area contributed by atoms with Gasteiger partial charge >= 0.3 is 0 Å². The third-order valence-electron chi connectivity index (χ3n) is 3.71. The molecule has 0 aromatic rings. The third-order valence-corrected chi connectivity index (χ3v) is 3.71. The Bertz CT molecular complexity index is 302. The van der Waals surface area contributed by atoms with Gasteiger partial charge in [0.05, 0.1) is 0 Å². The van der Waals surface area contributed by atoms with Gasteiger partial charge in [-0.2, -0.15) is 0 Å². The summed E-state index contributed by atoms with van der Waals surface area (Å²) in [7, 11) is 0. The molecule has 1 aliphatic rings. The first kappa shape index (κ1) is 17.5. The Kier molecular flexibility index (Phi) is 7.59. The van der Waals surface area contributed by atoms with Crippen LogP contribution in [0.3, 0.4) is 0 Å². The van der Waals surface area contributed by atoms with E-state index in [1.54, 1.807) is 16.7 Å². The highest BCUT2D eigenvalue weighted by Gasteiger charge is 2.25. The molecule has 0 bridgehead atoms. The zero-order valence-corrected chi connectivity index (χ0v) is 14.0. The maximum Gasteiger partial charge on any atom is -0.0225 e. The maximum absolute atomic E-state index is 2.42. The van der Waals surface area contributed by atoms with Crippen LogP contribution in [-0.4, -0.2) is 0 Å². The summed E-state index contributed by atoms with van der Waals surface area (Å²) in [6, 6.07) is 0. The SMILES string of the molecule is CCC.CCC(C)/C(C)=C1/C=C(C)CC(C)(C)C1. The molecule has 0 aliphatic heterocycles. The van der Waals surface area contributed by atoms with Gasteiger partial charge in [-0.1, -0.05) is 65.2 Å². The van der Waals surface area contributed by atoms with Crippen LogP contribution in [0.2, 0.25) is 0 Å². The Hall–Kier alpha value is -0.520. The summed E-state index contributed by atoms with van der Waals surface area (Å²) in [5.74, 6) is 0.734. The van der Waals surface area contributed by atoms with Crippen molar-refractivity contribution in [1.82, 2.24) is 0 Å². The van der Waals surface area contributed by atoms with Crippen molar-refractivity contribution in [2.45, 2.75) is 81.1 Å². The molecule has 0 amide bonds. The first-order valence-electron chi connectivity index (χ1n) is 7.64. The molecule has 1 unspecified atom stereocenters. The van der Waals surface area contributed by atoms with E-state index in [9.17, 15) is 0 Å². The molecule has 0 radical (unpaired) electrons. The van der Waals surface area contributed by atoms with Crippen molar-refractivity contribution in [2.24, 2.45) is 11.3 Å². The lowest BCUT2D eigenvalue weighted by Gasteiger charge is -2.32. The Morgan fingerprint density at radius 1 is 1.22 bits per heavy atom. The molecule has 1 rings (SSSR count). The fraction of sp³-hybridized carbons (Fsp3) is 0.778. The lowest BCUT2D eigenvalue weighted by molar-refractivity contribution is 0.349. The standard InChI is InChI=1S/C15H26.C3H8/c1-7-12(3)13(4)14-8-11(2)9-15(5,6)10-14;1-3-2/h8,12H,7,9-10H2,1-6H3;3H2,1-2H3/b14-13-;. The molecule has 1 atom stereocenters. The molecule has 0 fully saturated rings. The molecule has 18 heavy (non-hydrogen) atoms. The fourth-order valence-electron chi connectivity index (χ4n) is 2.61. The molecule has 0 heteroatoms.